The van der Waals surface area contributed by atoms with E-state index in [9.17, 15) is 4.57 Å². The number of phosphoric acid groups is 1. The van der Waals surface area contributed by atoms with Crippen LogP contribution in [-0.2, 0) is 18.1 Å². The molecule has 0 bridgehead atoms. The lowest BCUT2D eigenvalue weighted by molar-refractivity contribution is 0.105. The fraction of sp³-hybridized carbons (Fsp3) is 1.00. The molecule has 1 unspecified atom stereocenters. The number of halogens is 1. The Bertz CT molecular complexity index is 220. The van der Waals surface area contributed by atoms with Gasteiger partial charge in [-0.3, -0.25) is 13.6 Å². The molecule has 110 valence electrons. The first-order chi connectivity index (χ1) is 8.54. The molecule has 0 aliphatic carbocycles. The van der Waals surface area contributed by atoms with Gasteiger partial charge in [0.1, 0.15) is 5.56 Å². The van der Waals surface area contributed by atoms with Crippen LogP contribution in [0.4, 0.5) is 0 Å². The summed E-state index contributed by atoms with van der Waals surface area (Å²) in [6.07, 6.45) is 5.92. The maximum absolute atomic E-state index is 12.2. The molecule has 0 aliphatic heterocycles. The summed E-state index contributed by atoms with van der Waals surface area (Å²) >= 11 is 5.69. The molecule has 0 saturated heterocycles. The van der Waals surface area contributed by atoms with Crippen molar-refractivity contribution >= 4 is 19.4 Å². The molecule has 0 N–H and O–H groups in total. The van der Waals surface area contributed by atoms with Gasteiger partial charge in [0.05, 0.1) is 13.2 Å². The van der Waals surface area contributed by atoms with Gasteiger partial charge >= 0.3 is 7.82 Å². The monoisotopic (exact) mass is 300 g/mol. The van der Waals surface area contributed by atoms with E-state index in [0.29, 0.717) is 13.2 Å². The van der Waals surface area contributed by atoms with E-state index in [-0.39, 0.29) is 0 Å². The average Bonchev–Trinajstić information content (AvgIpc) is 2.30. The van der Waals surface area contributed by atoms with Gasteiger partial charge in [0, 0.05) is 0 Å². The molecule has 0 spiro atoms. The number of rotatable bonds is 12. The van der Waals surface area contributed by atoms with E-state index in [0.717, 1.165) is 38.5 Å². The van der Waals surface area contributed by atoms with Crippen LogP contribution in [0.5, 0.6) is 0 Å². The fourth-order valence-corrected chi connectivity index (χ4v) is 2.88. The molecule has 0 aromatic carbocycles. The maximum atomic E-state index is 12.2. The molecule has 0 fully saturated rings. The van der Waals surface area contributed by atoms with Crippen LogP contribution in [0.1, 0.15) is 59.3 Å². The molecule has 18 heavy (non-hydrogen) atoms. The van der Waals surface area contributed by atoms with Crippen molar-refractivity contribution in [3.63, 3.8) is 0 Å². The molecular formula is C12H26ClO4P. The van der Waals surface area contributed by atoms with E-state index in [4.69, 9.17) is 25.2 Å². The largest absolute Gasteiger partial charge is 0.476 e. The molecule has 6 heteroatoms. The van der Waals surface area contributed by atoms with Crippen molar-refractivity contribution in [1.82, 2.24) is 0 Å². The topological polar surface area (TPSA) is 44.8 Å². The second-order valence-corrected chi connectivity index (χ2v) is 6.41. The third kappa shape index (κ3) is 10.3. The molecule has 4 nitrogen and oxygen atoms in total. The molecule has 0 rings (SSSR count). The smallest absolute Gasteiger partial charge is 0.287 e. The average molecular weight is 301 g/mol. The maximum Gasteiger partial charge on any atom is 0.476 e. The molecule has 0 aromatic rings. The second kappa shape index (κ2) is 11.2. The summed E-state index contributed by atoms with van der Waals surface area (Å²) in [5, 5.41) is 0. The molecule has 0 saturated carbocycles. The van der Waals surface area contributed by atoms with Gasteiger partial charge < -0.3 is 0 Å². The van der Waals surface area contributed by atoms with E-state index in [1.807, 2.05) is 0 Å². The van der Waals surface area contributed by atoms with Gasteiger partial charge in [-0.25, -0.2) is 4.57 Å². The number of hydrogen-bond acceptors (Lipinski definition) is 4. The minimum atomic E-state index is -3.49. The lowest BCUT2D eigenvalue weighted by atomic mass is 10.3. The molecule has 0 heterocycles. The fourth-order valence-electron chi connectivity index (χ4n) is 1.33. The SMILES string of the molecule is CCCCCOP(=O)(OCCCCC)OC(C)Cl. The second-order valence-electron chi connectivity index (χ2n) is 4.18. The van der Waals surface area contributed by atoms with E-state index < -0.39 is 13.4 Å². The Morgan fingerprint density at radius 1 is 1.00 bits per heavy atom. The highest BCUT2D eigenvalue weighted by Crippen LogP contribution is 2.51. The highest BCUT2D eigenvalue weighted by Gasteiger charge is 2.28. The summed E-state index contributed by atoms with van der Waals surface area (Å²) in [6, 6.07) is 0. The number of hydrogen-bond donors (Lipinski definition) is 0. The van der Waals surface area contributed by atoms with E-state index in [1.54, 1.807) is 6.92 Å². The zero-order valence-corrected chi connectivity index (χ0v) is 13.3. The quantitative estimate of drug-likeness (QED) is 0.285. The third-order valence-corrected chi connectivity index (χ3v) is 4.05. The standard InChI is InChI=1S/C12H26ClO4P/c1-4-6-8-10-15-18(14,17-12(3)13)16-11-9-7-5-2/h12H,4-11H2,1-3H3. The molecule has 0 amide bonds. The Hall–Kier alpha value is 0.400. The predicted molar refractivity (Wildman–Crippen MR) is 75.0 cm³/mol. The molecular weight excluding hydrogens is 275 g/mol. The van der Waals surface area contributed by atoms with E-state index in [1.165, 1.54) is 0 Å². The van der Waals surface area contributed by atoms with E-state index >= 15 is 0 Å². The van der Waals surface area contributed by atoms with Crippen molar-refractivity contribution in [2.24, 2.45) is 0 Å². The van der Waals surface area contributed by atoms with Crippen LogP contribution in [0.2, 0.25) is 0 Å². The Morgan fingerprint density at radius 3 is 1.78 bits per heavy atom. The molecule has 1 atom stereocenters. The van der Waals surface area contributed by atoms with Crippen molar-refractivity contribution in [3.8, 4) is 0 Å². The predicted octanol–water partition coefficient (Wildman–Crippen LogP) is 5.11. The summed E-state index contributed by atoms with van der Waals surface area (Å²) in [6.45, 7) is 6.54. The van der Waals surface area contributed by atoms with Gasteiger partial charge in [0.15, 0.2) is 0 Å². The minimum absolute atomic E-state index is 0.377. The van der Waals surface area contributed by atoms with Gasteiger partial charge in [-0.05, 0) is 19.8 Å². The Kier molecular flexibility index (Phi) is 11.5. The highest BCUT2D eigenvalue weighted by molar-refractivity contribution is 7.48. The highest BCUT2D eigenvalue weighted by atomic mass is 35.5. The van der Waals surface area contributed by atoms with E-state index in [2.05, 4.69) is 13.8 Å². The summed E-state index contributed by atoms with van der Waals surface area (Å²) in [4.78, 5) is 0. The van der Waals surface area contributed by atoms with Crippen LogP contribution in [0.25, 0.3) is 0 Å². The zero-order valence-electron chi connectivity index (χ0n) is 11.7. The first kappa shape index (κ1) is 18.4. The minimum Gasteiger partial charge on any atom is -0.287 e. The van der Waals surface area contributed by atoms with Crippen molar-refractivity contribution < 1.29 is 18.1 Å². The van der Waals surface area contributed by atoms with Crippen LogP contribution in [0.3, 0.4) is 0 Å². The van der Waals surface area contributed by atoms with Crippen LogP contribution in [0, 0.1) is 0 Å². The van der Waals surface area contributed by atoms with Gasteiger partial charge in [0.2, 0.25) is 0 Å². The van der Waals surface area contributed by atoms with Crippen LogP contribution in [-0.4, -0.2) is 18.8 Å². The number of unbranched alkanes of at least 4 members (excludes halogenated alkanes) is 4. The summed E-state index contributed by atoms with van der Waals surface area (Å²) in [5.41, 5.74) is -0.687. The Labute approximate surface area is 116 Å². The van der Waals surface area contributed by atoms with Gasteiger partial charge in [-0.15, -0.1) is 0 Å². The summed E-state index contributed by atoms with van der Waals surface area (Å²) < 4.78 is 27.8. The molecule has 0 radical (unpaired) electrons. The van der Waals surface area contributed by atoms with Crippen LogP contribution in [0.15, 0.2) is 0 Å². The van der Waals surface area contributed by atoms with Gasteiger partial charge in [-0.1, -0.05) is 51.1 Å². The van der Waals surface area contributed by atoms with Crippen LogP contribution < -0.4 is 0 Å². The van der Waals surface area contributed by atoms with Crippen LogP contribution >= 0.6 is 19.4 Å². The first-order valence-corrected chi connectivity index (χ1v) is 8.65. The van der Waals surface area contributed by atoms with Gasteiger partial charge in [0.25, 0.3) is 0 Å². The lowest BCUT2D eigenvalue weighted by Gasteiger charge is -2.19. The van der Waals surface area contributed by atoms with Crippen molar-refractivity contribution in [2.45, 2.75) is 64.9 Å². The number of alkyl halides is 1. The summed E-state index contributed by atoms with van der Waals surface area (Å²) in [5.74, 6) is 0. The van der Waals surface area contributed by atoms with Crippen molar-refractivity contribution in [1.29, 1.82) is 0 Å². The first-order valence-electron chi connectivity index (χ1n) is 6.75. The lowest BCUT2D eigenvalue weighted by Crippen LogP contribution is -2.06. The zero-order chi connectivity index (χ0) is 13.9. The van der Waals surface area contributed by atoms with Crippen molar-refractivity contribution in [3.05, 3.63) is 0 Å². The Balaban J connectivity index is 4.03. The number of phosphoric ester groups is 1. The third-order valence-electron chi connectivity index (χ3n) is 2.27. The molecule has 0 aromatic heterocycles. The normalized spacial score (nSPS) is 13.8. The van der Waals surface area contributed by atoms with Crippen molar-refractivity contribution in [2.75, 3.05) is 13.2 Å². The molecule has 0 aliphatic rings. The Morgan fingerprint density at radius 2 is 1.44 bits per heavy atom. The van der Waals surface area contributed by atoms with Gasteiger partial charge in [-0.2, -0.15) is 0 Å². The summed E-state index contributed by atoms with van der Waals surface area (Å²) in [7, 11) is -3.49.